The molecule has 1 aromatic carbocycles. The van der Waals surface area contributed by atoms with Gasteiger partial charge in [0.15, 0.2) is 0 Å². The molecule has 35 heavy (non-hydrogen) atoms. The van der Waals surface area contributed by atoms with E-state index in [9.17, 15) is 28.4 Å². The monoisotopic (exact) mass is 514 g/mol. The maximum absolute atomic E-state index is 13.2. The molecule has 0 aliphatic carbocycles. The SMILES string of the molecule is CCOCCCN(CC(=O)N1C(CC(=O)N(O)c2ccc(OC)cc2)CN(C)C(=O)C1C)S(=O)O. The van der Waals surface area contributed by atoms with Gasteiger partial charge in [-0.1, -0.05) is 0 Å². The van der Waals surface area contributed by atoms with E-state index >= 15 is 0 Å². The van der Waals surface area contributed by atoms with E-state index in [0.717, 1.165) is 4.31 Å². The van der Waals surface area contributed by atoms with E-state index in [0.29, 0.717) is 30.4 Å². The summed E-state index contributed by atoms with van der Waals surface area (Å²) in [6.45, 7) is 4.05. The summed E-state index contributed by atoms with van der Waals surface area (Å²) in [5.74, 6) is -0.998. The molecule has 1 saturated heterocycles. The van der Waals surface area contributed by atoms with Gasteiger partial charge in [0.1, 0.15) is 11.8 Å². The molecule has 0 aromatic heterocycles. The van der Waals surface area contributed by atoms with Crippen LogP contribution in [0.15, 0.2) is 24.3 Å². The van der Waals surface area contributed by atoms with Crippen molar-refractivity contribution in [2.24, 2.45) is 0 Å². The van der Waals surface area contributed by atoms with Gasteiger partial charge in [-0.15, -0.1) is 0 Å². The van der Waals surface area contributed by atoms with Crippen LogP contribution in [0.25, 0.3) is 0 Å². The summed E-state index contributed by atoms with van der Waals surface area (Å²) in [6.07, 6.45) is 0.177. The van der Waals surface area contributed by atoms with Gasteiger partial charge >= 0.3 is 0 Å². The van der Waals surface area contributed by atoms with Crippen LogP contribution in [0, 0.1) is 0 Å². The van der Waals surface area contributed by atoms with Gasteiger partial charge in [-0.05, 0) is 44.5 Å². The Morgan fingerprint density at radius 2 is 1.91 bits per heavy atom. The highest BCUT2D eigenvalue weighted by Gasteiger charge is 2.41. The van der Waals surface area contributed by atoms with E-state index in [1.807, 2.05) is 6.92 Å². The highest BCUT2D eigenvalue weighted by molar-refractivity contribution is 7.76. The van der Waals surface area contributed by atoms with Crippen molar-refractivity contribution >= 4 is 34.7 Å². The van der Waals surface area contributed by atoms with Crippen LogP contribution in [0.2, 0.25) is 0 Å². The molecule has 196 valence electrons. The minimum Gasteiger partial charge on any atom is -0.497 e. The molecule has 1 heterocycles. The van der Waals surface area contributed by atoms with Crippen molar-refractivity contribution in [2.75, 3.05) is 52.1 Å². The fourth-order valence-corrected chi connectivity index (χ4v) is 4.42. The van der Waals surface area contributed by atoms with Crippen molar-refractivity contribution in [2.45, 2.75) is 38.8 Å². The van der Waals surface area contributed by atoms with Gasteiger partial charge < -0.3 is 19.3 Å². The molecule has 12 nitrogen and oxygen atoms in total. The lowest BCUT2D eigenvalue weighted by atomic mass is 10.0. The van der Waals surface area contributed by atoms with Gasteiger partial charge in [0.05, 0.1) is 31.8 Å². The first-order chi connectivity index (χ1) is 16.6. The molecule has 1 aromatic rings. The molecule has 1 aliphatic heterocycles. The van der Waals surface area contributed by atoms with Gasteiger partial charge in [0.2, 0.25) is 23.1 Å². The van der Waals surface area contributed by atoms with Crippen LogP contribution in [0.3, 0.4) is 0 Å². The molecule has 3 unspecified atom stereocenters. The number of hydroxylamine groups is 1. The number of amides is 3. The first kappa shape index (κ1) is 28.7. The first-order valence-electron chi connectivity index (χ1n) is 11.3. The number of hydrogen-bond donors (Lipinski definition) is 2. The summed E-state index contributed by atoms with van der Waals surface area (Å²) in [5.41, 5.74) is 0.220. The van der Waals surface area contributed by atoms with Crippen LogP contribution >= 0.6 is 0 Å². The smallest absolute Gasteiger partial charge is 0.252 e. The maximum atomic E-state index is 13.2. The zero-order valence-electron chi connectivity index (χ0n) is 20.5. The fourth-order valence-electron chi connectivity index (χ4n) is 3.92. The third-order valence-electron chi connectivity index (χ3n) is 5.71. The predicted molar refractivity (Wildman–Crippen MR) is 128 cm³/mol. The summed E-state index contributed by atoms with van der Waals surface area (Å²) in [6, 6.07) is 4.57. The number of methoxy groups -OCH3 is 1. The molecular formula is C22H34N4O8S. The van der Waals surface area contributed by atoms with Crippen LogP contribution < -0.4 is 9.80 Å². The Kier molecular flexibility index (Phi) is 11.0. The number of anilines is 1. The standard InChI is InChI=1S/C22H34N4O8S/c1-5-34-12-6-11-24(35(31)32)15-21(28)25-16(2)22(29)23(3)14-18(25)13-20(27)26(30)17-7-9-19(33-4)10-8-17/h7-10,16,18,30H,5-6,11-15H2,1-4H3,(H,31,32). The molecule has 1 aliphatic rings. The molecule has 13 heteroatoms. The summed E-state index contributed by atoms with van der Waals surface area (Å²) in [7, 11) is 3.07. The third-order valence-corrected chi connectivity index (χ3v) is 6.47. The highest BCUT2D eigenvalue weighted by atomic mass is 32.2. The van der Waals surface area contributed by atoms with Crippen molar-refractivity contribution in [1.29, 1.82) is 0 Å². The molecule has 0 spiro atoms. The normalized spacial score (nSPS) is 19.1. The highest BCUT2D eigenvalue weighted by Crippen LogP contribution is 2.23. The van der Waals surface area contributed by atoms with Gasteiger partial charge in [0, 0.05) is 33.4 Å². The van der Waals surface area contributed by atoms with E-state index in [1.165, 1.54) is 29.0 Å². The molecule has 1 fully saturated rings. The second-order valence-electron chi connectivity index (χ2n) is 8.10. The molecule has 2 N–H and O–H groups in total. The van der Waals surface area contributed by atoms with Gasteiger partial charge in [-0.2, -0.15) is 9.37 Å². The minimum absolute atomic E-state index is 0.0731. The van der Waals surface area contributed by atoms with Crippen LogP contribution in [-0.4, -0.2) is 105 Å². The second-order valence-corrected chi connectivity index (χ2v) is 9.08. The minimum atomic E-state index is -2.41. The molecule has 3 amide bonds. The number of likely N-dealkylation sites (N-methyl/N-ethyl adjacent to an activating group) is 1. The van der Waals surface area contributed by atoms with Crippen LogP contribution in [0.5, 0.6) is 5.75 Å². The number of ether oxygens (including phenoxy) is 2. The van der Waals surface area contributed by atoms with E-state index < -0.39 is 41.7 Å². The first-order valence-corrected chi connectivity index (χ1v) is 12.3. The Balaban J connectivity index is 2.16. The summed E-state index contributed by atoms with van der Waals surface area (Å²) in [5, 5.41) is 10.9. The number of nitrogens with zero attached hydrogens (tertiary/aromatic N) is 4. The number of rotatable bonds is 12. The average Bonchev–Trinajstić information content (AvgIpc) is 2.83. The number of hydrogen-bond acceptors (Lipinski definition) is 7. The second kappa shape index (κ2) is 13.5. The third kappa shape index (κ3) is 7.70. The van der Waals surface area contributed by atoms with E-state index in [-0.39, 0.29) is 31.1 Å². The van der Waals surface area contributed by atoms with E-state index in [4.69, 9.17) is 9.47 Å². The van der Waals surface area contributed by atoms with Gasteiger partial charge in [-0.25, -0.2) is 4.21 Å². The summed E-state index contributed by atoms with van der Waals surface area (Å²) < 4.78 is 32.8. The molecule has 3 atom stereocenters. The lowest BCUT2D eigenvalue weighted by molar-refractivity contribution is -0.155. The quantitative estimate of drug-likeness (QED) is 0.180. The van der Waals surface area contributed by atoms with Gasteiger partial charge in [-0.3, -0.25) is 24.1 Å². The molecule has 0 saturated carbocycles. The Morgan fingerprint density at radius 3 is 2.49 bits per heavy atom. The topological polar surface area (TPSA) is 140 Å². The average molecular weight is 515 g/mol. The van der Waals surface area contributed by atoms with Crippen molar-refractivity contribution in [3.63, 3.8) is 0 Å². The molecular weight excluding hydrogens is 480 g/mol. The Hall–Kier alpha value is -2.58. The van der Waals surface area contributed by atoms with Crippen molar-refractivity contribution in [3.05, 3.63) is 24.3 Å². The lowest BCUT2D eigenvalue weighted by Gasteiger charge is -2.44. The van der Waals surface area contributed by atoms with Crippen LogP contribution in [-0.2, 0) is 30.4 Å². The zero-order valence-corrected chi connectivity index (χ0v) is 21.3. The van der Waals surface area contributed by atoms with Crippen molar-refractivity contribution in [1.82, 2.24) is 14.1 Å². The van der Waals surface area contributed by atoms with Crippen LogP contribution in [0.1, 0.15) is 26.7 Å². The Morgan fingerprint density at radius 1 is 1.26 bits per heavy atom. The summed E-state index contributed by atoms with van der Waals surface area (Å²) in [4.78, 5) is 41.3. The van der Waals surface area contributed by atoms with Crippen LogP contribution in [0.4, 0.5) is 5.69 Å². The van der Waals surface area contributed by atoms with E-state index in [2.05, 4.69) is 0 Å². The molecule has 2 rings (SSSR count). The number of piperazine rings is 1. The summed E-state index contributed by atoms with van der Waals surface area (Å²) >= 11 is -2.41. The molecule has 0 radical (unpaired) electrons. The Bertz CT molecular complexity index is 900. The number of benzene rings is 1. The number of carbonyl (C=O) groups excluding carboxylic acids is 3. The van der Waals surface area contributed by atoms with Crippen molar-refractivity contribution in [3.8, 4) is 5.75 Å². The molecule has 0 bridgehead atoms. The predicted octanol–water partition coefficient (Wildman–Crippen LogP) is 0.731. The fraction of sp³-hybridized carbons (Fsp3) is 0.591. The zero-order chi connectivity index (χ0) is 26.1. The Labute approximate surface area is 207 Å². The number of carbonyl (C=O) groups is 3. The van der Waals surface area contributed by atoms with Crippen molar-refractivity contribution < 1.29 is 37.8 Å². The van der Waals surface area contributed by atoms with E-state index in [1.54, 1.807) is 26.1 Å². The largest absolute Gasteiger partial charge is 0.497 e. The maximum Gasteiger partial charge on any atom is 0.252 e. The van der Waals surface area contributed by atoms with Gasteiger partial charge in [0.25, 0.3) is 5.91 Å². The lowest BCUT2D eigenvalue weighted by Crippen LogP contribution is -2.63.